The van der Waals surface area contributed by atoms with Crippen molar-refractivity contribution in [2.24, 2.45) is 0 Å². The lowest BCUT2D eigenvalue weighted by molar-refractivity contribution is 0.0289. The van der Waals surface area contributed by atoms with E-state index < -0.39 is 0 Å². The maximum absolute atomic E-state index is 11.8. The van der Waals surface area contributed by atoms with E-state index in [1.165, 1.54) is 6.07 Å². The Hall–Kier alpha value is -1.88. The highest BCUT2D eigenvalue weighted by atomic mass is 16.5. The minimum atomic E-state index is -0.347. The first-order valence-electron chi connectivity index (χ1n) is 4.98. The maximum Gasteiger partial charge on any atom is 0.263 e. The second-order valence-corrected chi connectivity index (χ2v) is 3.47. The summed E-state index contributed by atoms with van der Waals surface area (Å²) in [6.45, 7) is 2.24. The molecule has 0 aromatic heterocycles. The van der Waals surface area contributed by atoms with Crippen molar-refractivity contribution in [3.63, 3.8) is 0 Å². The number of hydrogen-bond acceptors (Lipinski definition) is 4. The highest BCUT2D eigenvalue weighted by molar-refractivity contribution is 6.21. The summed E-state index contributed by atoms with van der Waals surface area (Å²) in [6.07, 6.45) is 0. The molecule has 2 rings (SSSR count). The van der Waals surface area contributed by atoms with Crippen LogP contribution in [0.2, 0.25) is 0 Å². The van der Waals surface area contributed by atoms with Crippen LogP contribution < -0.4 is 5.73 Å². The van der Waals surface area contributed by atoms with Crippen LogP contribution in [0.5, 0.6) is 0 Å². The molecule has 0 saturated carbocycles. The lowest BCUT2D eigenvalue weighted by Gasteiger charge is -2.12. The zero-order valence-electron chi connectivity index (χ0n) is 8.90. The summed E-state index contributed by atoms with van der Waals surface area (Å²) in [5, 5.41) is 0. The second-order valence-electron chi connectivity index (χ2n) is 3.47. The van der Waals surface area contributed by atoms with Crippen molar-refractivity contribution >= 4 is 17.5 Å². The first kappa shape index (κ1) is 10.6. The number of nitrogens with two attached hydrogens (primary N) is 1. The van der Waals surface area contributed by atoms with Crippen LogP contribution in [0.25, 0.3) is 0 Å². The number of benzene rings is 1. The van der Waals surface area contributed by atoms with Gasteiger partial charge in [0.1, 0.15) is 6.73 Å². The van der Waals surface area contributed by atoms with Gasteiger partial charge in [-0.15, -0.1) is 0 Å². The Kier molecular flexibility index (Phi) is 2.62. The Balaban J connectivity index is 2.33. The number of nitrogens with zero attached hydrogens (tertiary/aromatic N) is 1. The molecule has 1 aliphatic rings. The van der Waals surface area contributed by atoms with Gasteiger partial charge in [0.05, 0.1) is 11.1 Å². The average molecular weight is 220 g/mol. The summed E-state index contributed by atoms with van der Waals surface area (Å²) in [6, 6.07) is 4.69. The summed E-state index contributed by atoms with van der Waals surface area (Å²) in [4.78, 5) is 24.7. The van der Waals surface area contributed by atoms with Crippen molar-refractivity contribution in [3.8, 4) is 0 Å². The molecule has 5 heteroatoms. The van der Waals surface area contributed by atoms with Gasteiger partial charge < -0.3 is 10.5 Å². The summed E-state index contributed by atoms with van der Waals surface area (Å²) in [5.41, 5.74) is 6.78. The van der Waals surface area contributed by atoms with Crippen molar-refractivity contribution in [2.45, 2.75) is 6.92 Å². The van der Waals surface area contributed by atoms with Crippen LogP contribution in [-0.2, 0) is 4.74 Å². The molecular formula is C11H12N2O3. The van der Waals surface area contributed by atoms with Gasteiger partial charge >= 0.3 is 0 Å². The minimum absolute atomic E-state index is 0.0112. The zero-order valence-corrected chi connectivity index (χ0v) is 8.90. The van der Waals surface area contributed by atoms with E-state index in [1.54, 1.807) is 19.1 Å². The molecule has 0 aliphatic carbocycles. The van der Waals surface area contributed by atoms with Crippen molar-refractivity contribution in [1.29, 1.82) is 0 Å². The molecule has 16 heavy (non-hydrogen) atoms. The summed E-state index contributed by atoms with van der Waals surface area (Å²) in [5.74, 6) is -0.672. The number of anilines is 1. The number of imide groups is 1. The van der Waals surface area contributed by atoms with E-state index in [0.29, 0.717) is 23.4 Å². The summed E-state index contributed by atoms with van der Waals surface area (Å²) in [7, 11) is 0. The van der Waals surface area contributed by atoms with E-state index in [1.807, 2.05) is 0 Å². The number of fused-ring (bicyclic) bond motifs is 1. The molecule has 0 fully saturated rings. The van der Waals surface area contributed by atoms with Gasteiger partial charge in [0.25, 0.3) is 11.8 Å². The molecule has 0 radical (unpaired) electrons. The molecule has 84 valence electrons. The fourth-order valence-corrected chi connectivity index (χ4v) is 1.61. The first-order valence-corrected chi connectivity index (χ1v) is 4.98. The van der Waals surface area contributed by atoms with Gasteiger partial charge in [0.2, 0.25) is 0 Å². The van der Waals surface area contributed by atoms with Crippen LogP contribution in [0.4, 0.5) is 5.69 Å². The number of hydrogen-bond donors (Lipinski definition) is 1. The predicted molar refractivity (Wildman–Crippen MR) is 57.8 cm³/mol. The lowest BCUT2D eigenvalue weighted by Crippen LogP contribution is -2.32. The van der Waals surface area contributed by atoms with E-state index in [9.17, 15) is 9.59 Å². The van der Waals surface area contributed by atoms with Crippen LogP contribution in [0.1, 0.15) is 27.6 Å². The molecule has 0 spiro atoms. The standard InChI is InChI=1S/C11H12N2O3/c1-2-16-6-13-10(14)8-4-3-7(12)5-9(8)11(13)15/h3-5H,2,6,12H2,1H3. The monoisotopic (exact) mass is 220 g/mol. The molecule has 2 amide bonds. The van der Waals surface area contributed by atoms with Crippen LogP contribution in [0.3, 0.4) is 0 Å². The SMILES string of the molecule is CCOCN1C(=O)c2ccc(N)cc2C1=O. The molecule has 1 heterocycles. The molecule has 5 nitrogen and oxygen atoms in total. The van der Waals surface area contributed by atoms with E-state index in [4.69, 9.17) is 10.5 Å². The van der Waals surface area contributed by atoms with Gasteiger partial charge in [0, 0.05) is 12.3 Å². The van der Waals surface area contributed by atoms with Crippen LogP contribution in [-0.4, -0.2) is 30.1 Å². The molecule has 0 bridgehead atoms. The highest BCUT2D eigenvalue weighted by Crippen LogP contribution is 2.24. The highest BCUT2D eigenvalue weighted by Gasteiger charge is 2.35. The van der Waals surface area contributed by atoms with E-state index in [2.05, 4.69) is 0 Å². The largest absolute Gasteiger partial charge is 0.399 e. The number of nitrogen functional groups attached to an aromatic ring is 1. The van der Waals surface area contributed by atoms with Gasteiger partial charge in [-0.3, -0.25) is 9.59 Å². The van der Waals surface area contributed by atoms with Gasteiger partial charge in [0.15, 0.2) is 0 Å². The van der Waals surface area contributed by atoms with Crippen molar-refractivity contribution < 1.29 is 14.3 Å². The number of carbonyl (C=O) groups excluding carboxylic acids is 2. The first-order chi connectivity index (χ1) is 7.65. The Morgan fingerprint density at radius 2 is 1.94 bits per heavy atom. The van der Waals surface area contributed by atoms with Gasteiger partial charge in [-0.05, 0) is 25.1 Å². The fourth-order valence-electron chi connectivity index (χ4n) is 1.61. The smallest absolute Gasteiger partial charge is 0.263 e. The summed E-state index contributed by atoms with van der Waals surface area (Å²) >= 11 is 0. The van der Waals surface area contributed by atoms with E-state index in [-0.39, 0.29) is 18.5 Å². The number of rotatable bonds is 3. The Morgan fingerprint density at radius 1 is 1.25 bits per heavy atom. The minimum Gasteiger partial charge on any atom is -0.399 e. The Labute approximate surface area is 92.8 Å². The maximum atomic E-state index is 11.8. The molecule has 2 N–H and O–H groups in total. The van der Waals surface area contributed by atoms with Gasteiger partial charge in [-0.2, -0.15) is 0 Å². The Morgan fingerprint density at radius 3 is 2.62 bits per heavy atom. The molecule has 1 aromatic rings. The van der Waals surface area contributed by atoms with Crippen molar-refractivity contribution in [1.82, 2.24) is 4.90 Å². The van der Waals surface area contributed by atoms with Gasteiger partial charge in [-0.25, -0.2) is 4.90 Å². The third-order valence-corrected chi connectivity index (χ3v) is 2.42. The van der Waals surface area contributed by atoms with Crippen molar-refractivity contribution in [3.05, 3.63) is 29.3 Å². The van der Waals surface area contributed by atoms with Crippen LogP contribution >= 0.6 is 0 Å². The molecule has 0 atom stereocenters. The Bertz CT molecular complexity index is 457. The quantitative estimate of drug-likeness (QED) is 0.605. The molecule has 0 unspecified atom stereocenters. The summed E-state index contributed by atoms with van der Waals surface area (Å²) < 4.78 is 5.07. The third kappa shape index (κ3) is 1.55. The molecule has 0 saturated heterocycles. The lowest BCUT2D eigenvalue weighted by atomic mass is 10.1. The zero-order chi connectivity index (χ0) is 11.7. The van der Waals surface area contributed by atoms with Gasteiger partial charge in [-0.1, -0.05) is 0 Å². The van der Waals surface area contributed by atoms with Crippen LogP contribution in [0, 0.1) is 0 Å². The normalized spacial score (nSPS) is 14.4. The van der Waals surface area contributed by atoms with Crippen molar-refractivity contribution in [2.75, 3.05) is 19.1 Å². The number of ether oxygens (including phenoxy) is 1. The van der Waals surface area contributed by atoms with E-state index in [0.717, 1.165) is 4.90 Å². The number of carbonyl (C=O) groups is 2. The van der Waals surface area contributed by atoms with Crippen LogP contribution in [0.15, 0.2) is 18.2 Å². The second kappa shape index (κ2) is 3.94. The third-order valence-electron chi connectivity index (χ3n) is 2.42. The number of amides is 2. The fraction of sp³-hybridized carbons (Fsp3) is 0.273. The topological polar surface area (TPSA) is 72.6 Å². The molecular weight excluding hydrogens is 208 g/mol. The molecule has 1 aliphatic heterocycles. The molecule has 1 aromatic carbocycles. The van der Waals surface area contributed by atoms with E-state index >= 15 is 0 Å². The predicted octanol–water partition coefficient (Wildman–Crippen LogP) is 0.859. The average Bonchev–Trinajstić information content (AvgIpc) is 2.50.